The number of para-hydroxylation sites is 2. The Balaban J connectivity index is 0.000000212. The van der Waals surface area contributed by atoms with Gasteiger partial charge in [0.25, 0.3) is 0 Å². The summed E-state index contributed by atoms with van der Waals surface area (Å²) in [5.41, 5.74) is 7.44. The molecule has 21 heavy (non-hydrogen) atoms. The quantitative estimate of drug-likeness (QED) is 0.902. The highest BCUT2D eigenvalue weighted by atomic mass is 16.4. The largest absolute Gasteiger partial charge is 0.481 e. The Morgan fingerprint density at radius 3 is 2.43 bits per heavy atom. The highest BCUT2D eigenvalue weighted by Gasteiger charge is 2.09. The van der Waals surface area contributed by atoms with Crippen molar-refractivity contribution in [2.24, 2.45) is 5.41 Å². The van der Waals surface area contributed by atoms with E-state index < -0.39 is 5.97 Å². The lowest BCUT2D eigenvalue weighted by Crippen LogP contribution is -2.05. The fourth-order valence-electron chi connectivity index (χ4n) is 1.74. The van der Waals surface area contributed by atoms with Crippen LogP contribution < -0.4 is 5.73 Å². The Hall–Kier alpha value is -2.17. The standard InChI is InChI=1S/C8H7N3.C8H16O2/c9-8-5-10-6-3-1-2-4-7(6)11-8;1-8(2,3)6-4-5-7(9)10/h1-5H,(H2,9,11);4-6H2,1-3H3,(H,9,10). The second kappa shape index (κ2) is 7.57. The minimum Gasteiger partial charge on any atom is -0.481 e. The van der Waals surface area contributed by atoms with Gasteiger partial charge in [-0.05, 0) is 30.4 Å². The number of nitrogen functional groups attached to an aromatic ring is 1. The maximum absolute atomic E-state index is 10.1. The van der Waals surface area contributed by atoms with Crippen molar-refractivity contribution in [3.8, 4) is 0 Å². The number of fused-ring (bicyclic) bond motifs is 1. The molecule has 0 spiro atoms. The Morgan fingerprint density at radius 1 is 1.24 bits per heavy atom. The lowest BCUT2D eigenvalue weighted by atomic mass is 9.90. The van der Waals surface area contributed by atoms with Gasteiger partial charge < -0.3 is 10.8 Å². The second-order valence-electron chi connectivity index (χ2n) is 6.09. The number of carbonyl (C=O) groups is 1. The topological polar surface area (TPSA) is 89.1 Å². The van der Waals surface area contributed by atoms with E-state index in [-0.39, 0.29) is 5.41 Å². The molecule has 2 rings (SSSR count). The van der Waals surface area contributed by atoms with Crippen molar-refractivity contribution in [1.82, 2.24) is 9.97 Å². The summed E-state index contributed by atoms with van der Waals surface area (Å²) >= 11 is 0. The van der Waals surface area contributed by atoms with E-state index in [0.29, 0.717) is 12.2 Å². The number of nitrogens with two attached hydrogens (primary N) is 1. The molecule has 0 fully saturated rings. The van der Waals surface area contributed by atoms with E-state index in [2.05, 4.69) is 30.7 Å². The molecule has 3 N–H and O–H groups in total. The number of aliphatic carboxylic acids is 1. The van der Waals surface area contributed by atoms with Crippen molar-refractivity contribution in [3.05, 3.63) is 30.5 Å². The van der Waals surface area contributed by atoms with Gasteiger partial charge in [-0.3, -0.25) is 9.78 Å². The molecular formula is C16H23N3O2. The molecule has 0 atom stereocenters. The van der Waals surface area contributed by atoms with Crippen LogP contribution in [0.1, 0.15) is 40.0 Å². The number of hydrogen-bond donors (Lipinski definition) is 2. The van der Waals surface area contributed by atoms with E-state index in [1.807, 2.05) is 24.3 Å². The van der Waals surface area contributed by atoms with Gasteiger partial charge in [-0.15, -0.1) is 0 Å². The van der Waals surface area contributed by atoms with Crippen molar-refractivity contribution >= 4 is 22.8 Å². The number of rotatable bonds is 3. The lowest BCUT2D eigenvalue weighted by Gasteiger charge is -2.16. The molecule has 1 aromatic heterocycles. The van der Waals surface area contributed by atoms with Gasteiger partial charge in [-0.2, -0.15) is 0 Å². The first-order valence-electron chi connectivity index (χ1n) is 6.97. The molecule has 0 saturated heterocycles. The summed E-state index contributed by atoms with van der Waals surface area (Å²) in [6, 6.07) is 7.63. The zero-order valence-electron chi connectivity index (χ0n) is 12.8. The Bertz CT molecular complexity index is 591. The Morgan fingerprint density at radius 2 is 1.86 bits per heavy atom. The van der Waals surface area contributed by atoms with Gasteiger partial charge in [0.05, 0.1) is 17.2 Å². The zero-order chi connectivity index (χ0) is 15.9. The van der Waals surface area contributed by atoms with Crippen LogP contribution in [0, 0.1) is 5.41 Å². The summed E-state index contributed by atoms with van der Waals surface area (Å²) in [4.78, 5) is 18.3. The van der Waals surface area contributed by atoms with Crippen molar-refractivity contribution in [3.63, 3.8) is 0 Å². The SMILES string of the molecule is CC(C)(C)CCCC(=O)O.Nc1cnc2ccccc2n1. The van der Waals surface area contributed by atoms with Crippen molar-refractivity contribution < 1.29 is 9.90 Å². The van der Waals surface area contributed by atoms with Crippen molar-refractivity contribution in [1.29, 1.82) is 0 Å². The van der Waals surface area contributed by atoms with Crippen molar-refractivity contribution in [2.75, 3.05) is 5.73 Å². The van der Waals surface area contributed by atoms with Crippen LogP contribution in [0.15, 0.2) is 30.5 Å². The number of carboxylic acid groups (broad SMARTS) is 1. The van der Waals surface area contributed by atoms with Gasteiger partial charge in [0.15, 0.2) is 0 Å². The first-order valence-corrected chi connectivity index (χ1v) is 6.97. The predicted octanol–water partition coefficient (Wildman–Crippen LogP) is 3.50. The summed E-state index contributed by atoms with van der Waals surface area (Å²) in [6.45, 7) is 6.36. The molecule has 2 aromatic rings. The first kappa shape index (κ1) is 16.9. The molecule has 5 heteroatoms. The van der Waals surface area contributed by atoms with Gasteiger partial charge in [0, 0.05) is 6.42 Å². The van der Waals surface area contributed by atoms with Gasteiger partial charge in [-0.1, -0.05) is 32.9 Å². The summed E-state index contributed by atoms with van der Waals surface area (Å²) in [6.07, 6.45) is 3.64. The predicted molar refractivity (Wildman–Crippen MR) is 84.9 cm³/mol. The monoisotopic (exact) mass is 289 g/mol. The fourth-order valence-corrected chi connectivity index (χ4v) is 1.74. The molecule has 1 aromatic carbocycles. The number of aromatic nitrogens is 2. The highest BCUT2D eigenvalue weighted by molar-refractivity contribution is 5.74. The van der Waals surface area contributed by atoms with Gasteiger partial charge in [-0.25, -0.2) is 4.98 Å². The van der Waals surface area contributed by atoms with Gasteiger partial charge in [0.2, 0.25) is 0 Å². The van der Waals surface area contributed by atoms with E-state index >= 15 is 0 Å². The van der Waals surface area contributed by atoms with E-state index in [1.54, 1.807) is 6.20 Å². The van der Waals surface area contributed by atoms with Crippen LogP contribution in [0.25, 0.3) is 11.0 Å². The molecule has 114 valence electrons. The van der Waals surface area contributed by atoms with E-state index in [9.17, 15) is 4.79 Å². The van der Waals surface area contributed by atoms with Gasteiger partial charge >= 0.3 is 5.97 Å². The third-order valence-corrected chi connectivity index (χ3v) is 2.78. The summed E-state index contributed by atoms with van der Waals surface area (Å²) < 4.78 is 0. The Labute approximate surface area is 125 Å². The van der Waals surface area contributed by atoms with Crippen LogP contribution >= 0.6 is 0 Å². The van der Waals surface area contributed by atoms with Gasteiger partial charge in [0.1, 0.15) is 5.82 Å². The normalized spacial score (nSPS) is 10.8. The number of benzene rings is 1. The minimum atomic E-state index is -0.691. The van der Waals surface area contributed by atoms with Crippen LogP contribution in [0.3, 0.4) is 0 Å². The molecule has 0 unspecified atom stereocenters. The van der Waals surface area contributed by atoms with Crippen LogP contribution in [0.4, 0.5) is 5.82 Å². The molecule has 0 bridgehead atoms. The molecular weight excluding hydrogens is 266 g/mol. The second-order valence-corrected chi connectivity index (χ2v) is 6.09. The molecule has 0 amide bonds. The number of nitrogens with zero attached hydrogens (tertiary/aromatic N) is 2. The maximum atomic E-state index is 10.1. The lowest BCUT2D eigenvalue weighted by molar-refractivity contribution is -0.137. The first-order chi connectivity index (χ1) is 9.78. The molecule has 1 heterocycles. The summed E-state index contributed by atoms with van der Waals surface area (Å²) in [5.74, 6) is -0.229. The van der Waals surface area contributed by atoms with Crippen LogP contribution in [-0.2, 0) is 4.79 Å². The summed E-state index contributed by atoms with van der Waals surface area (Å²) in [5, 5.41) is 8.31. The molecule has 0 radical (unpaired) electrons. The molecule has 0 aliphatic carbocycles. The number of anilines is 1. The van der Waals surface area contributed by atoms with E-state index in [0.717, 1.165) is 23.9 Å². The average molecular weight is 289 g/mol. The molecule has 0 saturated carbocycles. The third-order valence-electron chi connectivity index (χ3n) is 2.78. The average Bonchev–Trinajstić information content (AvgIpc) is 2.37. The third kappa shape index (κ3) is 7.25. The fraction of sp³-hybridized carbons (Fsp3) is 0.438. The maximum Gasteiger partial charge on any atom is 0.303 e. The van der Waals surface area contributed by atoms with Crippen LogP contribution in [-0.4, -0.2) is 21.0 Å². The van der Waals surface area contributed by atoms with E-state index in [4.69, 9.17) is 10.8 Å². The Kier molecular flexibility index (Phi) is 6.09. The van der Waals surface area contributed by atoms with Crippen LogP contribution in [0.5, 0.6) is 0 Å². The number of carboxylic acids is 1. The minimum absolute atomic E-state index is 0.273. The van der Waals surface area contributed by atoms with E-state index in [1.165, 1.54) is 0 Å². The summed E-state index contributed by atoms with van der Waals surface area (Å²) in [7, 11) is 0. The molecule has 0 aliphatic rings. The number of hydrogen-bond acceptors (Lipinski definition) is 4. The highest BCUT2D eigenvalue weighted by Crippen LogP contribution is 2.21. The molecule has 0 aliphatic heterocycles. The van der Waals surface area contributed by atoms with Crippen molar-refractivity contribution in [2.45, 2.75) is 40.0 Å². The van der Waals surface area contributed by atoms with Crippen LogP contribution in [0.2, 0.25) is 0 Å². The zero-order valence-corrected chi connectivity index (χ0v) is 12.8. The smallest absolute Gasteiger partial charge is 0.303 e. The molecule has 5 nitrogen and oxygen atoms in total.